The number of pyridine rings is 1. The van der Waals surface area contributed by atoms with Crippen molar-refractivity contribution in [1.82, 2.24) is 4.98 Å². The van der Waals surface area contributed by atoms with E-state index in [0.29, 0.717) is 5.69 Å². The topological polar surface area (TPSA) is 102 Å². The molecule has 0 aliphatic carbocycles. The number of amides is 1. The van der Waals surface area contributed by atoms with Crippen LogP contribution in [0.4, 0.5) is 21.5 Å². The van der Waals surface area contributed by atoms with Gasteiger partial charge in [0.05, 0.1) is 16.8 Å². The first-order chi connectivity index (χ1) is 9.93. The monoisotopic (exact) mass is 290 g/mol. The average Bonchev–Trinajstić information content (AvgIpc) is 2.46. The van der Waals surface area contributed by atoms with E-state index in [0.717, 1.165) is 17.0 Å². The highest BCUT2D eigenvalue weighted by Gasteiger charge is 2.26. The minimum Gasteiger partial charge on any atom is -0.392 e. The third kappa shape index (κ3) is 2.64. The number of anilines is 2. The van der Waals surface area contributed by atoms with E-state index in [9.17, 15) is 19.3 Å². The van der Waals surface area contributed by atoms with E-state index in [4.69, 9.17) is 5.73 Å². The van der Waals surface area contributed by atoms with Gasteiger partial charge in [0.25, 0.3) is 11.6 Å². The zero-order valence-electron chi connectivity index (χ0n) is 11.0. The van der Waals surface area contributed by atoms with Crippen molar-refractivity contribution in [2.75, 3.05) is 17.7 Å². The zero-order valence-corrected chi connectivity index (χ0v) is 11.0. The first-order valence-corrected chi connectivity index (χ1v) is 5.84. The first kappa shape index (κ1) is 14.4. The number of nitrogens with two attached hydrogens (primary N) is 1. The number of rotatable bonds is 3. The fourth-order valence-electron chi connectivity index (χ4n) is 1.80. The Kier molecular flexibility index (Phi) is 3.79. The summed E-state index contributed by atoms with van der Waals surface area (Å²) in [6.45, 7) is 0. The number of benzene rings is 1. The van der Waals surface area contributed by atoms with Gasteiger partial charge >= 0.3 is 0 Å². The Morgan fingerprint density at radius 1 is 1.43 bits per heavy atom. The molecule has 1 amide bonds. The molecule has 0 unspecified atom stereocenters. The number of carbonyl (C=O) groups is 1. The van der Waals surface area contributed by atoms with Crippen LogP contribution in [-0.4, -0.2) is 22.9 Å². The number of aromatic nitrogens is 1. The maximum Gasteiger partial charge on any atom is 0.293 e. The molecule has 8 heteroatoms. The summed E-state index contributed by atoms with van der Waals surface area (Å²) < 4.78 is 13.9. The van der Waals surface area contributed by atoms with E-state index >= 15 is 0 Å². The lowest BCUT2D eigenvalue weighted by Crippen LogP contribution is -2.28. The quantitative estimate of drug-likeness (QED) is 0.529. The summed E-state index contributed by atoms with van der Waals surface area (Å²) in [5.74, 6) is -1.71. The number of nitro groups is 1. The van der Waals surface area contributed by atoms with Crippen molar-refractivity contribution < 1.29 is 14.1 Å². The fourth-order valence-corrected chi connectivity index (χ4v) is 1.80. The van der Waals surface area contributed by atoms with Crippen molar-refractivity contribution in [1.29, 1.82) is 0 Å². The Morgan fingerprint density at radius 2 is 2.14 bits per heavy atom. The summed E-state index contributed by atoms with van der Waals surface area (Å²) >= 11 is 0. The van der Waals surface area contributed by atoms with E-state index < -0.39 is 33.6 Å². The van der Waals surface area contributed by atoms with Gasteiger partial charge in [-0.05, 0) is 18.2 Å². The van der Waals surface area contributed by atoms with Gasteiger partial charge in [0, 0.05) is 19.3 Å². The summed E-state index contributed by atoms with van der Waals surface area (Å²) in [7, 11) is 1.40. The molecule has 0 aliphatic rings. The second kappa shape index (κ2) is 5.53. The van der Waals surface area contributed by atoms with Crippen molar-refractivity contribution in [3.8, 4) is 0 Å². The SMILES string of the molecule is CN(C(=O)c1c(F)ccc([N+](=O)[O-])c1N)c1cccnc1. The van der Waals surface area contributed by atoms with Crippen LogP contribution in [0.3, 0.4) is 0 Å². The summed E-state index contributed by atoms with van der Waals surface area (Å²) in [5, 5.41) is 10.8. The molecule has 0 aliphatic heterocycles. The van der Waals surface area contributed by atoms with E-state index in [1.54, 1.807) is 12.1 Å². The van der Waals surface area contributed by atoms with Gasteiger partial charge in [0.2, 0.25) is 0 Å². The van der Waals surface area contributed by atoms with Crippen LogP contribution in [0.5, 0.6) is 0 Å². The molecule has 108 valence electrons. The highest BCUT2D eigenvalue weighted by atomic mass is 19.1. The number of hydrogen-bond acceptors (Lipinski definition) is 5. The van der Waals surface area contributed by atoms with E-state index in [-0.39, 0.29) is 0 Å². The molecular weight excluding hydrogens is 279 g/mol. The molecule has 0 fully saturated rings. The van der Waals surface area contributed by atoms with Crippen molar-refractivity contribution in [2.24, 2.45) is 0 Å². The van der Waals surface area contributed by atoms with Crippen LogP contribution < -0.4 is 10.6 Å². The second-order valence-corrected chi connectivity index (χ2v) is 4.19. The molecule has 21 heavy (non-hydrogen) atoms. The molecule has 0 saturated carbocycles. The number of halogens is 1. The molecule has 2 N–H and O–H groups in total. The highest BCUT2D eigenvalue weighted by molar-refractivity contribution is 6.10. The predicted molar refractivity (Wildman–Crippen MR) is 74.4 cm³/mol. The van der Waals surface area contributed by atoms with Crippen molar-refractivity contribution in [2.45, 2.75) is 0 Å². The summed E-state index contributed by atoms with van der Waals surface area (Å²) in [6.07, 6.45) is 2.92. The van der Waals surface area contributed by atoms with E-state index in [2.05, 4.69) is 4.98 Å². The Labute approximate surface area is 119 Å². The van der Waals surface area contributed by atoms with Crippen molar-refractivity contribution >= 4 is 23.0 Å². The zero-order chi connectivity index (χ0) is 15.6. The van der Waals surface area contributed by atoms with E-state index in [1.807, 2.05) is 0 Å². The van der Waals surface area contributed by atoms with Gasteiger partial charge in [0.1, 0.15) is 17.1 Å². The van der Waals surface area contributed by atoms with Gasteiger partial charge in [-0.1, -0.05) is 0 Å². The molecule has 2 aromatic rings. The van der Waals surface area contributed by atoms with Gasteiger partial charge in [-0.2, -0.15) is 0 Å². The molecule has 2 rings (SSSR count). The van der Waals surface area contributed by atoms with Crippen LogP contribution in [0.2, 0.25) is 0 Å². The van der Waals surface area contributed by atoms with Gasteiger partial charge in [0.15, 0.2) is 0 Å². The molecule has 0 atom stereocenters. The minimum absolute atomic E-state index is 0.410. The Morgan fingerprint density at radius 3 is 2.71 bits per heavy atom. The maximum atomic E-state index is 13.9. The lowest BCUT2D eigenvalue weighted by atomic mass is 10.1. The Balaban J connectivity index is 2.49. The molecule has 1 heterocycles. The molecular formula is C13H11FN4O3. The largest absolute Gasteiger partial charge is 0.392 e. The van der Waals surface area contributed by atoms with Gasteiger partial charge in [-0.25, -0.2) is 4.39 Å². The number of nitrogens with zero attached hydrogens (tertiary/aromatic N) is 3. The molecule has 0 spiro atoms. The smallest absolute Gasteiger partial charge is 0.293 e. The summed E-state index contributed by atoms with van der Waals surface area (Å²) in [4.78, 5) is 27.3. The second-order valence-electron chi connectivity index (χ2n) is 4.19. The third-order valence-corrected chi connectivity index (χ3v) is 2.92. The van der Waals surface area contributed by atoms with Crippen LogP contribution in [0.15, 0.2) is 36.7 Å². The first-order valence-electron chi connectivity index (χ1n) is 5.84. The van der Waals surface area contributed by atoms with Crippen LogP contribution in [0, 0.1) is 15.9 Å². The molecule has 0 radical (unpaired) electrons. The molecule has 7 nitrogen and oxygen atoms in total. The lowest BCUT2D eigenvalue weighted by molar-refractivity contribution is -0.384. The molecule has 0 saturated heterocycles. The van der Waals surface area contributed by atoms with Crippen LogP contribution in [0.1, 0.15) is 10.4 Å². The minimum atomic E-state index is -0.918. The standard InChI is InChI=1S/C13H11FN4O3/c1-17(8-3-2-6-16-7-8)13(19)11-9(14)4-5-10(12(11)15)18(20)21/h2-7H,15H2,1H3. The van der Waals surface area contributed by atoms with Crippen molar-refractivity contribution in [3.05, 3.63) is 58.2 Å². The Hall–Kier alpha value is -3.03. The average molecular weight is 290 g/mol. The van der Waals surface area contributed by atoms with Gasteiger partial charge in [-0.15, -0.1) is 0 Å². The summed E-state index contributed by atoms with van der Waals surface area (Å²) in [5.41, 5.74) is 4.42. The summed E-state index contributed by atoms with van der Waals surface area (Å²) in [6, 6.07) is 4.97. The molecule has 1 aromatic heterocycles. The highest BCUT2D eigenvalue weighted by Crippen LogP contribution is 2.29. The van der Waals surface area contributed by atoms with Crippen molar-refractivity contribution in [3.63, 3.8) is 0 Å². The Bertz CT molecular complexity index is 706. The predicted octanol–water partition coefficient (Wildman–Crippen LogP) is 1.99. The molecule has 1 aromatic carbocycles. The van der Waals surface area contributed by atoms with Crippen LogP contribution >= 0.6 is 0 Å². The van der Waals surface area contributed by atoms with Gasteiger partial charge < -0.3 is 10.6 Å². The van der Waals surface area contributed by atoms with E-state index in [1.165, 1.54) is 19.4 Å². The number of nitrogen functional groups attached to an aromatic ring is 1. The normalized spacial score (nSPS) is 10.2. The maximum absolute atomic E-state index is 13.9. The van der Waals surface area contributed by atoms with Gasteiger partial charge in [-0.3, -0.25) is 19.9 Å². The number of hydrogen-bond donors (Lipinski definition) is 1. The number of carbonyl (C=O) groups excluding carboxylic acids is 1. The fraction of sp³-hybridized carbons (Fsp3) is 0.0769. The lowest BCUT2D eigenvalue weighted by Gasteiger charge is -2.18. The van der Waals surface area contributed by atoms with Crippen LogP contribution in [0.25, 0.3) is 0 Å². The molecule has 0 bridgehead atoms. The number of nitro benzene ring substituents is 1. The third-order valence-electron chi connectivity index (χ3n) is 2.92. The van der Waals surface area contributed by atoms with Crippen LogP contribution in [-0.2, 0) is 0 Å².